The SMILES string of the molecule is CCC[C@@H](NC(=O)C(CCC(C)C)NC(=O)OCC1c2ccccc2-c2ccccc21)C(=O)O. The number of alkyl carbamates (subject to hydrolysis) is 1. The van der Waals surface area contributed by atoms with Crippen LogP contribution in [0, 0.1) is 5.92 Å². The summed E-state index contributed by atoms with van der Waals surface area (Å²) in [5.74, 6) is -1.35. The van der Waals surface area contributed by atoms with E-state index < -0.39 is 30.1 Å². The maximum Gasteiger partial charge on any atom is 0.407 e. The Bertz CT molecular complexity index is 974. The van der Waals surface area contributed by atoms with Crippen LogP contribution < -0.4 is 10.6 Å². The number of carboxylic acid groups (broad SMARTS) is 1. The van der Waals surface area contributed by atoms with Gasteiger partial charge in [-0.2, -0.15) is 0 Å². The lowest BCUT2D eigenvalue weighted by Gasteiger charge is -2.22. The van der Waals surface area contributed by atoms with E-state index >= 15 is 0 Å². The second-order valence-electron chi connectivity index (χ2n) is 9.18. The number of amides is 2. The number of ether oxygens (including phenoxy) is 1. The molecule has 1 aliphatic carbocycles. The molecular formula is C27H34N2O5. The molecule has 0 saturated heterocycles. The lowest BCUT2D eigenvalue weighted by Crippen LogP contribution is -2.51. The third-order valence-electron chi connectivity index (χ3n) is 6.18. The number of hydrogen-bond donors (Lipinski definition) is 3. The van der Waals surface area contributed by atoms with Crippen molar-refractivity contribution in [2.45, 2.75) is 64.5 Å². The molecule has 0 radical (unpaired) electrons. The summed E-state index contributed by atoms with van der Waals surface area (Å²) in [4.78, 5) is 37.0. The van der Waals surface area contributed by atoms with Gasteiger partial charge in [-0.05, 0) is 47.4 Å². The first kappa shape index (κ1) is 25.3. The van der Waals surface area contributed by atoms with Crippen LogP contribution in [0.2, 0.25) is 0 Å². The van der Waals surface area contributed by atoms with E-state index in [0.717, 1.165) is 22.3 Å². The molecular weight excluding hydrogens is 432 g/mol. The predicted molar refractivity (Wildman–Crippen MR) is 131 cm³/mol. The van der Waals surface area contributed by atoms with Crippen molar-refractivity contribution in [1.29, 1.82) is 0 Å². The number of nitrogens with one attached hydrogen (secondary N) is 2. The molecule has 2 amide bonds. The quantitative estimate of drug-likeness (QED) is 0.445. The molecule has 1 aliphatic rings. The minimum Gasteiger partial charge on any atom is -0.480 e. The molecule has 3 N–H and O–H groups in total. The lowest BCUT2D eigenvalue weighted by molar-refractivity contribution is -0.142. The van der Waals surface area contributed by atoms with Crippen molar-refractivity contribution in [3.05, 3.63) is 59.7 Å². The summed E-state index contributed by atoms with van der Waals surface area (Å²) >= 11 is 0. The Morgan fingerprint density at radius 1 is 0.882 bits per heavy atom. The number of benzene rings is 2. The second kappa shape index (κ2) is 11.7. The molecule has 2 aromatic rings. The van der Waals surface area contributed by atoms with Gasteiger partial charge >= 0.3 is 12.1 Å². The first-order valence-electron chi connectivity index (χ1n) is 12.0. The van der Waals surface area contributed by atoms with Crippen LogP contribution in [0.5, 0.6) is 0 Å². The third-order valence-corrected chi connectivity index (χ3v) is 6.18. The maximum absolute atomic E-state index is 12.8. The molecule has 0 fully saturated rings. The lowest BCUT2D eigenvalue weighted by atomic mass is 9.98. The average molecular weight is 467 g/mol. The number of hydrogen-bond acceptors (Lipinski definition) is 4. The van der Waals surface area contributed by atoms with E-state index in [2.05, 4.69) is 22.8 Å². The number of carbonyl (C=O) groups is 3. The molecule has 34 heavy (non-hydrogen) atoms. The predicted octanol–water partition coefficient (Wildman–Crippen LogP) is 4.70. The van der Waals surface area contributed by atoms with Crippen LogP contribution in [-0.4, -0.2) is 41.8 Å². The zero-order chi connectivity index (χ0) is 24.7. The molecule has 0 bridgehead atoms. The summed E-state index contributed by atoms with van der Waals surface area (Å²) in [6, 6.07) is 14.3. The van der Waals surface area contributed by atoms with Crippen LogP contribution in [0.15, 0.2) is 48.5 Å². The van der Waals surface area contributed by atoms with Crippen LogP contribution in [0.25, 0.3) is 11.1 Å². The van der Waals surface area contributed by atoms with Gasteiger partial charge in [-0.25, -0.2) is 9.59 Å². The van der Waals surface area contributed by atoms with Gasteiger partial charge in [0.1, 0.15) is 18.7 Å². The summed E-state index contributed by atoms with van der Waals surface area (Å²) < 4.78 is 5.58. The molecule has 0 heterocycles. The summed E-state index contributed by atoms with van der Waals surface area (Å²) in [5, 5.41) is 14.6. The standard InChI is InChI=1S/C27H34N2O5/c1-4-9-24(26(31)32)28-25(30)23(15-14-17(2)3)29-27(33)34-16-22-20-12-7-5-10-18(20)19-11-6-8-13-21(19)22/h5-8,10-13,17,22-24H,4,9,14-16H2,1-3H3,(H,28,30)(H,29,33)(H,31,32)/t23?,24-/m1/s1. The minimum absolute atomic E-state index is 0.0814. The summed E-state index contributed by atoms with van der Waals surface area (Å²) in [6.07, 6.45) is 1.35. The Morgan fingerprint density at radius 3 is 2.00 bits per heavy atom. The highest BCUT2D eigenvalue weighted by Gasteiger charge is 2.30. The monoisotopic (exact) mass is 466 g/mol. The van der Waals surface area contributed by atoms with E-state index in [0.29, 0.717) is 31.6 Å². The average Bonchev–Trinajstić information content (AvgIpc) is 3.13. The maximum atomic E-state index is 12.8. The first-order chi connectivity index (χ1) is 16.3. The van der Waals surface area contributed by atoms with Gasteiger partial charge in [0.05, 0.1) is 0 Å². The highest BCUT2D eigenvalue weighted by molar-refractivity contribution is 5.89. The van der Waals surface area contributed by atoms with Crippen molar-refractivity contribution in [2.24, 2.45) is 5.92 Å². The van der Waals surface area contributed by atoms with Crippen LogP contribution in [-0.2, 0) is 14.3 Å². The van der Waals surface area contributed by atoms with Gasteiger partial charge in [-0.15, -0.1) is 0 Å². The Hall–Kier alpha value is -3.35. The van der Waals surface area contributed by atoms with Gasteiger partial charge in [0.25, 0.3) is 0 Å². The van der Waals surface area contributed by atoms with Gasteiger partial charge in [-0.3, -0.25) is 4.79 Å². The summed E-state index contributed by atoms with van der Waals surface area (Å²) in [7, 11) is 0. The fourth-order valence-electron chi connectivity index (χ4n) is 4.37. The second-order valence-corrected chi connectivity index (χ2v) is 9.18. The van der Waals surface area contributed by atoms with E-state index in [9.17, 15) is 19.5 Å². The van der Waals surface area contributed by atoms with Crippen molar-refractivity contribution < 1.29 is 24.2 Å². The molecule has 7 heteroatoms. The molecule has 2 aromatic carbocycles. The highest BCUT2D eigenvalue weighted by Crippen LogP contribution is 2.44. The molecule has 7 nitrogen and oxygen atoms in total. The number of fused-ring (bicyclic) bond motifs is 3. The molecule has 0 saturated carbocycles. The third kappa shape index (κ3) is 6.16. The van der Waals surface area contributed by atoms with Crippen molar-refractivity contribution in [2.75, 3.05) is 6.61 Å². The van der Waals surface area contributed by atoms with Gasteiger partial charge < -0.3 is 20.5 Å². The molecule has 2 atom stereocenters. The van der Waals surface area contributed by atoms with E-state index in [1.807, 2.05) is 57.2 Å². The molecule has 0 aromatic heterocycles. The van der Waals surface area contributed by atoms with Crippen LogP contribution in [0.4, 0.5) is 4.79 Å². The molecule has 0 aliphatic heterocycles. The number of aliphatic carboxylic acids is 1. The van der Waals surface area contributed by atoms with E-state index in [4.69, 9.17) is 4.74 Å². The summed E-state index contributed by atoms with van der Waals surface area (Å²) in [6.45, 7) is 6.05. The largest absolute Gasteiger partial charge is 0.480 e. The molecule has 182 valence electrons. The zero-order valence-electron chi connectivity index (χ0n) is 20.0. The van der Waals surface area contributed by atoms with Crippen molar-refractivity contribution in [1.82, 2.24) is 10.6 Å². The van der Waals surface area contributed by atoms with Crippen LogP contribution in [0.3, 0.4) is 0 Å². The van der Waals surface area contributed by atoms with Gasteiger partial charge in [0.2, 0.25) is 5.91 Å². The van der Waals surface area contributed by atoms with Crippen molar-refractivity contribution in [3.63, 3.8) is 0 Å². The highest BCUT2D eigenvalue weighted by atomic mass is 16.5. The number of carboxylic acids is 1. The smallest absolute Gasteiger partial charge is 0.407 e. The van der Waals surface area contributed by atoms with Gasteiger partial charge in [0.15, 0.2) is 0 Å². The Labute approximate surface area is 200 Å². The normalized spacial score (nSPS) is 14.1. The fraction of sp³-hybridized carbons (Fsp3) is 0.444. The zero-order valence-corrected chi connectivity index (χ0v) is 20.0. The first-order valence-corrected chi connectivity index (χ1v) is 12.0. The fourth-order valence-corrected chi connectivity index (χ4v) is 4.37. The van der Waals surface area contributed by atoms with Crippen LogP contribution >= 0.6 is 0 Å². The number of rotatable bonds is 11. The number of carbonyl (C=O) groups excluding carboxylic acids is 2. The minimum atomic E-state index is -1.08. The molecule has 1 unspecified atom stereocenters. The Morgan fingerprint density at radius 2 is 1.47 bits per heavy atom. The van der Waals surface area contributed by atoms with E-state index in [1.54, 1.807) is 0 Å². The topological polar surface area (TPSA) is 105 Å². The van der Waals surface area contributed by atoms with E-state index in [-0.39, 0.29) is 12.5 Å². The van der Waals surface area contributed by atoms with Crippen LogP contribution in [0.1, 0.15) is 63.5 Å². The van der Waals surface area contributed by atoms with Crippen molar-refractivity contribution in [3.8, 4) is 11.1 Å². The summed E-state index contributed by atoms with van der Waals surface area (Å²) in [5.41, 5.74) is 4.48. The Balaban J connectivity index is 1.66. The van der Waals surface area contributed by atoms with Gasteiger partial charge in [-0.1, -0.05) is 75.7 Å². The van der Waals surface area contributed by atoms with E-state index in [1.165, 1.54) is 0 Å². The molecule has 0 spiro atoms. The van der Waals surface area contributed by atoms with Crippen molar-refractivity contribution >= 4 is 18.0 Å². The van der Waals surface area contributed by atoms with Gasteiger partial charge in [0, 0.05) is 5.92 Å². The Kier molecular flexibility index (Phi) is 8.68. The molecule has 3 rings (SSSR count).